The monoisotopic (exact) mass is 240 g/mol. The maximum atomic E-state index is 12.5. The summed E-state index contributed by atoms with van der Waals surface area (Å²) in [6.07, 6.45) is 4.37. The smallest absolute Gasteiger partial charge is 0.242 e. The summed E-state index contributed by atoms with van der Waals surface area (Å²) in [4.78, 5) is 14.5. The van der Waals surface area contributed by atoms with E-state index in [2.05, 4.69) is 5.32 Å². The second-order valence-electron chi connectivity index (χ2n) is 5.58. The molecular weight excluding hydrogens is 216 g/mol. The minimum Gasteiger partial charge on any atom is -0.384 e. The topological polar surface area (TPSA) is 41.6 Å². The Balaban J connectivity index is 1.94. The van der Waals surface area contributed by atoms with Gasteiger partial charge in [-0.3, -0.25) is 4.79 Å². The first-order chi connectivity index (χ1) is 8.15. The Morgan fingerprint density at radius 3 is 3.00 bits per heavy atom. The fourth-order valence-electron chi connectivity index (χ4n) is 3.05. The van der Waals surface area contributed by atoms with Gasteiger partial charge in [0.25, 0.3) is 0 Å². The SMILES string of the molecule is COCC1CCCN(C(=O)C2(C)CCCN2)C1. The summed E-state index contributed by atoms with van der Waals surface area (Å²) in [6, 6.07) is 0. The summed E-state index contributed by atoms with van der Waals surface area (Å²) in [6.45, 7) is 5.56. The van der Waals surface area contributed by atoms with Crippen LogP contribution in [0.15, 0.2) is 0 Å². The fraction of sp³-hybridized carbons (Fsp3) is 0.923. The van der Waals surface area contributed by atoms with Gasteiger partial charge in [0.2, 0.25) is 5.91 Å². The molecule has 2 unspecified atom stereocenters. The van der Waals surface area contributed by atoms with Gasteiger partial charge < -0.3 is 15.0 Å². The van der Waals surface area contributed by atoms with Crippen LogP contribution < -0.4 is 5.32 Å². The van der Waals surface area contributed by atoms with E-state index in [1.165, 1.54) is 6.42 Å². The number of rotatable bonds is 3. The highest BCUT2D eigenvalue weighted by atomic mass is 16.5. The fourth-order valence-corrected chi connectivity index (χ4v) is 3.05. The molecule has 0 aromatic heterocycles. The van der Waals surface area contributed by atoms with Gasteiger partial charge in [-0.25, -0.2) is 0 Å². The molecule has 2 heterocycles. The van der Waals surface area contributed by atoms with Crippen LogP contribution in [0.3, 0.4) is 0 Å². The molecule has 0 aromatic rings. The molecule has 4 heteroatoms. The van der Waals surface area contributed by atoms with Gasteiger partial charge in [0.15, 0.2) is 0 Å². The number of carbonyl (C=O) groups excluding carboxylic acids is 1. The van der Waals surface area contributed by atoms with Crippen molar-refractivity contribution in [3.05, 3.63) is 0 Å². The predicted octanol–water partition coefficient (Wildman–Crippen LogP) is 1.01. The van der Waals surface area contributed by atoms with Crippen molar-refractivity contribution in [2.24, 2.45) is 5.92 Å². The summed E-state index contributed by atoms with van der Waals surface area (Å²) in [5.41, 5.74) is -0.311. The molecule has 4 nitrogen and oxygen atoms in total. The highest BCUT2D eigenvalue weighted by Gasteiger charge is 2.40. The van der Waals surface area contributed by atoms with Crippen LogP contribution in [-0.4, -0.2) is 49.7 Å². The molecule has 2 aliphatic heterocycles. The number of piperidine rings is 1. The third-order valence-corrected chi connectivity index (χ3v) is 4.05. The Hall–Kier alpha value is -0.610. The molecule has 2 atom stereocenters. The van der Waals surface area contributed by atoms with Crippen LogP contribution >= 0.6 is 0 Å². The summed E-state index contributed by atoms with van der Waals surface area (Å²) in [7, 11) is 1.74. The van der Waals surface area contributed by atoms with Crippen molar-refractivity contribution in [3.8, 4) is 0 Å². The van der Waals surface area contributed by atoms with Crippen LogP contribution in [0.5, 0.6) is 0 Å². The summed E-state index contributed by atoms with van der Waals surface area (Å²) in [5.74, 6) is 0.804. The lowest BCUT2D eigenvalue weighted by Gasteiger charge is -2.37. The number of hydrogen-bond donors (Lipinski definition) is 1. The van der Waals surface area contributed by atoms with Crippen molar-refractivity contribution >= 4 is 5.91 Å². The zero-order chi connectivity index (χ0) is 12.3. The molecule has 2 aliphatic rings. The molecule has 1 amide bonds. The maximum Gasteiger partial charge on any atom is 0.242 e. The van der Waals surface area contributed by atoms with Gasteiger partial charge in [0.1, 0.15) is 0 Å². The second-order valence-corrected chi connectivity index (χ2v) is 5.58. The third kappa shape index (κ3) is 2.80. The highest BCUT2D eigenvalue weighted by molar-refractivity contribution is 5.86. The lowest BCUT2D eigenvalue weighted by atomic mass is 9.94. The Bertz CT molecular complexity index is 273. The first-order valence-electron chi connectivity index (χ1n) is 6.69. The normalized spacial score (nSPS) is 34.0. The van der Waals surface area contributed by atoms with Crippen molar-refractivity contribution < 1.29 is 9.53 Å². The Morgan fingerprint density at radius 2 is 2.35 bits per heavy atom. The number of nitrogens with zero attached hydrogens (tertiary/aromatic N) is 1. The van der Waals surface area contributed by atoms with Crippen LogP contribution in [-0.2, 0) is 9.53 Å². The van der Waals surface area contributed by atoms with Crippen LogP contribution in [0.25, 0.3) is 0 Å². The van der Waals surface area contributed by atoms with Gasteiger partial charge in [0, 0.05) is 20.2 Å². The number of nitrogens with one attached hydrogen (secondary N) is 1. The molecule has 98 valence electrons. The van der Waals surface area contributed by atoms with Crippen molar-refractivity contribution in [2.75, 3.05) is 33.4 Å². The summed E-state index contributed by atoms with van der Waals surface area (Å²) in [5, 5.41) is 3.35. The first kappa shape index (κ1) is 12.8. The summed E-state index contributed by atoms with van der Waals surface area (Å²) < 4.78 is 5.21. The third-order valence-electron chi connectivity index (χ3n) is 4.05. The average molecular weight is 240 g/mol. The van der Waals surface area contributed by atoms with E-state index >= 15 is 0 Å². The molecule has 0 spiro atoms. The minimum atomic E-state index is -0.311. The van der Waals surface area contributed by atoms with Crippen molar-refractivity contribution in [2.45, 2.75) is 38.1 Å². The number of carbonyl (C=O) groups is 1. The van der Waals surface area contributed by atoms with E-state index in [1.807, 2.05) is 11.8 Å². The van der Waals surface area contributed by atoms with Gasteiger partial charge >= 0.3 is 0 Å². The molecule has 17 heavy (non-hydrogen) atoms. The Morgan fingerprint density at radius 1 is 1.53 bits per heavy atom. The van der Waals surface area contributed by atoms with Crippen molar-refractivity contribution in [3.63, 3.8) is 0 Å². The minimum absolute atomic E-state index is 0.288. The van der Waals surface area contributed by atoms with Crippen molar-refractivity contribution in [1.82, 2.24) is 10.2 Å². The molecule has 1 N–H and O–H groups in total. The number of likely N-dealkylation sites (tertiary alicyclic amines) is 1. The van der Waals surface area contributed by atoms with Gasteiger partial charge in [-0.05, 0) is 45.1 Å². The number of hydrogen-bond acceptors (Lipinski definition) is 3. The molecule has 0 radical (unpaired) electrons. The van der Waals surface area contributed by atoms with E-state index in [0.717, 1.165) is 45.5 Å². The standard InChI is InChI=1S/C13H24N2O2/c1-13(6-4-7-14-13)12(16)15-8-3-5-11(9-15)10-17-2/h11,14H,3-10H2,1-2H3. The van der Waals surface area contributed by atoms with E-state index in [4.69, 9.17) is 4.74 Å². The second kappa shape index (κ2) is 5.36. The number of amides is 1. The molecule has 0 aliphatic carbocycles. The van der Waals surface area contributed by atoms with Crippen LogP contribution in [0, 0.1) is 5.92 Å². The van der Waals surface area contributed by atoms with E-state index in [9.17, 15) is 4.79 Å². The average Bonchev–Trinajstić information content (AvgIpc) is 2.77. The zero-order valence-electron chi connectivity index (χ0n) is 11.0. The van der Waals surface area contributed by atoms with Crippen LogP contribution in [0.1, 0.15) is 32.6 Å². The molecule has 0 saturated carbocycles. The lowest BCUT2D eigenvalue weighted by Crippen LogP contribution is -2.55. The largest absolute Gasteiger partial charge is 0.384 e. The maximum absolute atomic E-state index is 12.5. The highest BCUT2D eigenvalue weighted by Crippen LogP contribution is 2.25. The van der Waals surface area contributed by atoms with Crippen molar-refractivity contribution in [1.29, 1.82) is 0 Å². The van der Waals surface area contributed by atoms with Gasteiger partial charge in [-0.1, -0.05) is 0 Å². The first-order valence-corrected chi connectivity index (χ1v) is 6.69. The molecule has 0 bridgehead atoms. The lowest BCUT2D eigenvalue weighted by molar-refractivity contribution is -0.139. The molecule has 2 rings (SSSR count). The number of methoxy groups -OCH3 is 1. The van der Waals surface area contributed by atoms with Gasteiger partial charge in [-0.2, -0.15) is 0 Å². The molecule has 0 aromatic carbocycles. The quantitative estimate of drug-likeness (QED) is 0.800. The van der Waals surface area contributed by atoms with E-state index < -0.39 is 0 Å². The van der Waals surface area contributed by atoms with Crippen LogP contribution in [0.4, 0.5) is 0 Å². The van der Waals surface area contributed by atoms with E-state index in [0.29, 0.717) is 5.92 Å². The zero-order valence-corrected chi connectivity index (χ0v) is 11.0. The molecule has 2 saturated heterocycles. The van der Waals surface area contributed by atoms with E-state index in [-0.39, 0.29) is 11.4 Å². The summed E-state index contributed by atoms with van der Waals surface area (Å²) >= 11 is 0. The van der Waals surface area contributed by atoms with E-state index in [1.54, 1.807) is 7.11 Å². The van der Waals surface area contributed by atoms with Gasteiger partial charge in [0.05, 0.1) is 12.1 Å². The predicted molar refractivity (Wildman–Crippen MR) is 66.8 cm³/mol. The molecular formula is C13H24N2O2. The Kier molecular flexibility index (Phi) is 4.05. The number of ether oxygens (including phenoxy) is 1. The van der Waals surface area contributed by atoms with Gasteiger partial charge in [-0.15, -0.1) is 0 Å². The van der Waals surface area contributed by atoms with Crippen LogP contribution in [0.2, 0.25) is 0 Å². The Labute approximate surface area is 104 Å². The molecule has 2 fully saturated rings.